The Labute approximate surface area is 178 Å². The lowest BCUT2D eigenvalue weighted by molar-refractivity contribution is -0.135. The third kappa shape index (κ3) is 5.41. The molecule has 0 bridgehead atoms. The van der Waals surface area contributed by atoms with Gasteiger partial charge < -0.3 is 15.0 Å². The number of hydrogen-bond donors (Lipinski definition) is 1. The summed E-state index contributed by atoms with van der Waals surface area (Å²) in [6.45, 7) is 0.376. The van der Waals surface area contributed by atoms with Crippen molar-refractivity contribution in [1.82, 2.24) is 9.91 Å². The number of carbonyl (C=O) groups excluding carboxylic acids is 2. The SMILES string of the molecule is C=C(Cl)N(C)/N=C(\Br)[C@H]1CN(C)C(=O)[C@@H]1C(=O)Nc1cccc(F)c1OC(F)F. The summed E-state index contributed by atoms with van der Waals surface area (Å²) in [5.41, 5.74) is -0.323. The van der Waals surface area contributed by atoms with E-state index in [2.05, 4.69) is 37.7 Å². The van der Waals surface area contributed by atoms with Crippen molar-refractivity contribution >= 4 is 49.7 Å². The minimum Gasteiger partial charge on any atom is -0.429 e. The highest BCUT2D eigenvalue weighted by Gasteiger charge is 2.46. The fourth-order valence-electron chi connectivity index (χ4n) is 2.71. The molecule has 1 aromatic carbocycles. The van der Waals surface area contributed by atoms with E-state index < -0.39 is 41.8 Å². The zero-order valence-corrected chi connectivity index (χ0v) is 17.7. The highest BCUT2D eigenvalue weighted by atomic mass is 79.9. The molecule has 1 fully saturated rings. The number of likely N-dealkylation sites (tertiary alicyclic amines) is 1. The van der Waals surface area contributed by atoms with Crippen molar-refractivity contribution in [3.63, 3.8) is 0 Å². The molecule has 7 nitrogen and oxygen atoms in total. The molecule has 1 aliphatic heterocycles. The highest BCUT2D eigenvalue weighted by Crippen LogP contribution is 2.33. The number of carbonyl (C=O) groups is 2. The monoisotopic (exact) mass is 496 g/mol. The standard InChI is InChI=1S/C17H17BrClF3N4O3/c1-8(19)26(3)24-14(18)9-7-25(2)16(28)12(9)15(27)23-11-6-4-5-10(20)13(11)29-17(21)22/h4-6,9,12,17H,1,7H2,2-3H3,(H,23,27)/b24-14-/t9-,12-/m0/s1. The van der Waals surface area contributed by atoms with Gasteiger partial charge in [-0.05, 0) is 28.1 Å². The molecule has 0 aliphatic carbocycles. The van der Waals surface area contributed by atoms with E-state index in [-0.39, 0.29) is 22.0 Å². The van der Waals surface area contributed by atoms with E-state index in [4.69, 9.17) is 11.6 Å². The molecule has 2 rings (SSSR count). The molecule has 1 aliphatic rings. The van der Waals surface area contributed by atoms with Crippen LogP contribution in [0.25, 0.3) is 0 Å². The predicted octanol–water partition coefficient (Wildman–Crippen LogP) is 3.42. The number of alkyl halides is 2. The molecule has 1 saturated heterocycles. The molecule has 2 atom stereocenters. The second kappa shape index (κ2) is 9.49. The minimum absolute atomic E-state index is 0.106. The van der Waals surface area contributed by atoms with Crippen LogP contribution in [-0.2, 0) is 9.59 Å². The number of hydrogen-bond acceptors (Lipinski definition) is 5. The van der Waals surface area contributed by atoms with Crippen LogP contribution in [0.2, 0.25) is 0 Å². The lowest BCUT2D eigenvalue weighted by Crippen LogP contribution is -2.35. The molecule has 0 radical (unpaired) electrons. The largest absolute Gasteiger partial charge is 0.429 e. The third-order valence-electron chi connectivity index (χ3n) is 4.13. The average molecular weight is 498 g/mol. The molecule has 1 aromatic rings. The van der Waals surface area contributed by atoms with E-state index in [1.54, 1.807) is 0 Å². The number of amides is 2. The lowest BCUT2D eigenvalue weighted by atomic mass is 9.95. The summed E-state index contributed by atoms with van der Waals surface area (Å²) in [6.07, 6.45) is 0. The van der Waals surface area contributed by atoms with Crippen LogP contribution >= 0.6 is 27.5 Å². The zero-order valence-electron chi connectivity index (χ0n) is 15.3. The van der Waals surface area contributed by atoms with Crippen LogP contribution in [0, 0.1) is 17.7 Å². The zero-order chi connectivity index (χ0) is 21.9. The van der Waals surface area contributed by atoms with Crippen molar-refractivity contribution in [3.8, 4) is 5.75 Å². The normalized spacial score (nSPS) is 19.5. The number of nitrogens with one attached hydrogen (secondary N) is 1. The first-order valence-corrected chi connectivity index (χ1v) is 9.31. The van der Waals surface area contributed by atoms with Gasteiger partial charge in [-0.1, -0.05) is 24.2 Å². The van der Waals surface area contributed by atoms with Gasteiger partial charge in [-0.25, -0.2) is 4.39 Å². The number of rotatable bonds is 7. The summed E-state index contributed by atoms with van der Waals surface area (Å²) in [7, 11) is 3.02. The van der Waals surface area contributed by atoms with Crippen LogP contribution in [0.5, 0.6) is 5.75 Å². The van der Waals surface area contributed by atoms with Crippen molar-refractivity contribution in [1.29, 1.82) is 0 Å². The van der Waals surface area contributed by atoms with Gasteiger partial charge in [-0.2, -0.15) is 13.9 Å². The van der Waals surface area contributed by atoms with E-state index in [0.717, 1.165) is 6.07 Å². The summed E-state index contributed by atoms with van der Waals surface area (Å²) in [4.78, 5) is 26.6. The number of anilines is 1. The summed E-state index contributed by atoms with van der Waals surface area (Å²) in [5.74, 6) is -5.18. The number of ether oxygens (including phenoxy) is 1. The predicted molar refractivity (Wildman–Crippen MR) is 105 cm³/mol. The molecule has 0 aromatic heterocycles. The van der Waals surface area contributed by atoms with Crippen LogP contribution in [0.4, 0.5) is 18.9 Å². The Balaban J connectivity index is 2.32. The molecule has 158 valence electrons. The Morgan fingerprint density at radius 1 is 1.52 bits per heavy atom. The molecule has 29 heavy (non-hydrogen) atoms. The van der Waals surface area contributed by atoms with E-state index >= 15 is 0 Å². The maximum absolute atomic E-state index is 13.9. The molecule has 12 heteroatoms. The fourth-order valence-corrected chi connectivity index (χ4v) is 3.39. The van der Waals surface area contributed by atoms with Crippen molar-refractivity contribution in [2.75, 3.05) is 26.0 Å². The van der Waals surface area contributed by atoms with Crippen molar-refractivity contribution in [2.45, 2.75) is 6.61 Å². The maximum atomic E-state index is 13.9. The Kier molecular flexibility index (Phi) is 7.53. The van der Waals surface area contributed by atoms with Crippen molar-refractivity contribution < 1.29 is 27.5 Å². The van der Waals surface area contributed by atoms with E-state index in [9.17, 15) is 22.8 Å². The highest BCUT2D eigenvalue weighted by molar-refractivity contribution is 9.18. The Morgan fingerprint density at radius 2 is 2.17 bits per heavy atom. The van der Waals surface area contributed by atoms with Gasteiger partial charge in [-0.15, -0.1) is 0 Å². The van der Waals surface area contributed by atoms with Crippen LogP contribution in [0.15, 0.2) is 35.0 Å². The molecule has 0 spiro atoms. The number of nitrogens with zero attached hydrogens (tertiary/aromatic N) is 3. The van der Waals surface area contributed by atoms with Gasteiger partial charge in [0.15, 0.2) is 11.6 Å². The second-order valence-electron chi connectivity index (χ2n) is 6.11. The number of hydrazone groups is 1. The van der Waals surface area contributed by atoms with Gasteiger partial charge in [0.25, 0.3) is 0 Å². The van der Waals surface area contributed by atoms with Gasteiger partial charge >= 0.3 is 6.61 Å². The van der Waals surface area contributed by atoms with E-state index in [1.165, 1.54) is 36.1 Å². The van der Waals surface area contributed by atoms with Gasteiger partial charge in [0.1, 0.15) is 15.7 Å². The second-order valence-corrected chi connectivity index (χ2v) is 7.36. The quantitative estimate of drug-likeness (QED) is 0.271. The summed E-state index contributed by atoms with van der Waals surface area (Å²) in [5, 5.41) is 7.77. The van der Waals surface area contributed by atoms with E-state index in [1.807, 2.05) is 0 Å². The van der Waals surface area contributed by atoms with Crippen LogP contribution in [0.1, 0.15) is 0 Å². The molecule has 1 heterocycles. The Morgan fingerprint density at radius 3 is 2.76 bits per heavy atom. The summed E-state index contributed by atoms with van der Waals surface area (Å²) >= 11 is 9.00. The molecule has 1 N–H and O–H groups in total. The van der Waals surface area contributed by atoms with Gasteiger partial charge in [0, 0.05) is 26.6 Å². The molecule has 0 saturated carbocycles. The molecule has 2 amide bonds. The van der Waals surface area contributed by atoms with Gasteiger partial charge in [0.2, 0.25) is 11.8 Å². The topological polar surface area (TPSA) is 74.2 Å². The van der Waals surface area contributed by atoms with E-state index in [0.29, 0.717) is 0 Å². The Hall–Kier alpha value is -2.27. The van der Waals surface area contributed by atoms with Gasteiger partial charge in [0.05, 0.1) is 5.69 Å². The molecular formula is C17H17BrClF3N4O3. The maximum Gasteiger partial charge on any atom is 0.387 e. The minimum atomic E-state index is -3.30. The fraction of sp³-hybridized carbons (Fsp3) is 0.353. The van der Waals surface area contributed by atoms with Crippen LogP contribution in [0.3, 0.4) is 0 Å². The average Bonchev–Trinajstić information content (AvgIpc) is 2.92. The number of halogens is 5. The lowest BCUT2D eigenvalue weighted by Gasteiger charge is -2.19. The van der Waals surface area contributed by atoms with Crippen LogP contribution < -0.4 is 10.1 Å². The first-order chi connectivity index (χ1) is 13.5. The Bertz CT molecular complexity index is 855. The number of benzene rings is 1. The first kappa shape index (κ1) is 23.0. The number of para-hydroxylation sites is 1. The first-order valence-electron chi connectivity index (χ1n) is 8.14. The van der Waals surface area contributed by atoms with Crippen molar-refractivity contribution in [2.24, 2.45) is 16.9 Å². The van der Waals surface area contributed by atoms with Crippen LogP contribution in [-0.4, -0.2) is 53.6 Å². The van der Waals surface area contributed by atoms with Gasteiger partial charge in [-0.3, -0.25) is 14.6 Å². The third-order valence-corrected chi connectivity index (χ3v) is 5.12. The molecule has 0 unspecified atom stereocenters. The summed E-state index contributed by atoms with van der Waals surface area (Å²) < 4.78 is 43.4. The summed E-state index contributed by atoms with van der Waals surface area (Å²) in [6, 6.07) is 3.30. The molecular weight excluding hydrogens is 481 g/mol. The smallest absolute Gasteiger partial charge is 0.387 e. The van der Waals surface area contributed by atoms with Crippen molar-refractivity contribution in [3.05, 3.63) is 35.8 Å².